The SMILES string of the molecule is CCOC(=O)C(Cc1nc(C)cs1)C(=O)C1CCC(C2C=CC=CC2)CC1. The van der Waals surface area contributed by atoms with Gasteiger partial charge in [0.25, 0.3) is 0 Å². The van der Waals surface area contributed by atoms with Crippen molar-refractivity contribution in [2.24, 2.45) is 23.7 Å². The first kappa shape index (κ1) is 20.0. The smallest absolute Gasteiger partial charge is 0.316 e. The highest BCUT2D eigenvalue weighted by Crippen LogP contribution is 2.38. The molecule has 2 unspecified atom stereocenters. The van der Waals surface area contributed by atoms with Gasteiger partial charge in [-0.3, -0.25) is 9.59 Å². The predicted molar refractivity (Wildman–Crippen MR) is 108 cm³/mol. The predicted octanol–water partition coefficient (Wildman–Crippen LogP) is 4.68. The van der Waals surface area contributed by atoms with E-state index in [0.717, 1.165) is 42.8 Å². The maximum Gasteiger partial charge on any atom is 0.316 e. The molecule has 5 heteroatoms. The first-order valence-electron chi connectivity index (χ1n) is 10.0. The molecule has 1 saturated carbocycles. The Morgan fingerprint density at radius 1 is 1.26 bits per heavy atom. The summed E-state index contributed by atoms with van der Waals surface area (Å²) in [5.41, 5.74) is 0.931. The highest BCUT2D eigenvalue weighted by molar-refractivity contribution is 7.09. The van der Waals surface area contributed by atoms with Gasteiger partial charge in [-0.25, -0.2) is 4.98 Å². The van der Waals surface area contributed by atoms with E-state index in [1.807, 2.05) is 12.3 Å². The number of esters is 1. The molecule has 1 fully saturated rings. The molecule has 0 saturated heterocycles. The average molecular weight is 388 g/mol. The Bertz CT molecular complexity index is 713. The summed E-state index contributed by atoms with van der Waals surface area (Å²) < 4.78 is 5.21. The Labute approximate surface area is 165 Å². The zero-order valence-corrected chi connectivity index (χ0v) is 17.0. The van der Waals surface area contributed by atoms with Crippen molar-refractivity contribution in [3.63, 3.8) is 0 Å². The van der Waals surface area contributed by atoms with Gasteiger partial charge in [0, 0.05) is 23.4 Å². The summed E-state index contributed by atoms with van der Waals surface area (Å²) in [4.78, 5) is 30.1. The van der Waals surface area contributed by atoms with Crippen molar-refractivity contribution in [3.8, 4) is 0 Å². The maximum atomic E-state index is 13.2. The summed E-state index contributed by atoms with van der Waals surface area (Å²) in [7, 11) is 0. The van der Waals surface area contributed by atoms with Crippen molar-refractivity contribution in [3.05, 3.63) is 40.4 Å². The van der Waals surface area contributed by atoms with Crippen LogP contribution in [-0.4, -0.2) is 23.3 Å². The van der Waals surface area contributed by atoms with Crippen LogP contribution in [0.2, 0.25) is 0 Å². The van der Waals surface area contributed by atoms with Crippen molar-refractivity contribution in [1.29, 1.82) is 0 Å². The number of hydrogen-bond acceptors (Lipinski definition) is 5. The van der Waals surface area contributed by atoms with E-state index in [-0.39, 0.29) is 11.7 Å². The second kappa shape index (κ2) is 9.45. The molecule has 4 nitrogen and oxygen atoms in total. The zero-order valence-electron chi connectivity index (χ0n) is 16.2. The van der Waals surface area contributed by atoms with Crippen molar-refractivity contribution in [1.82, 2.24) is 4.98 Å². The van der Waals surface area contributed by atoms with Crippen LogP contribution in [0.3, 0.4) is 0 Å². The fourth-order valence-electron chi connectivity index (χ4n) is 4.28. The minimum atomic E-state index is -0.713. The van der Waals surface area contributed by atoms with Gasteiger partial charge in [-0.05, 0) is 57.8 Å². The van der Waals surface area contributed by atoms with Gasteiger partial charge in [-0.1, -0.05) is 24.3 Å². The third-order valence-corrected chi connectivity index (χ3v) is 6.74. The minimum absolute atomic E-state index is 0.0279. The molecule has 0 N–H and O–H groups in total. The number of thiazole rings is 1. The molecule has 3 rings (SSSR count). The number of ether oxygens (including phenoxy) is 1. The lowest BCUT2D eigenvalue weighted by molar-refractivity contribution is -0.153. The number of carbonyl (C=O) groups excluding carboxylic acids is 2. The van der Waals surface area contributed by atoms with Gasteiger partial charge >= 0.3 is 5.97 Å². The lowest BCUT2D eigenvalue weighted by Gasteiger charge is -2.33. The normalized spacial score (nSPS) is 25.9. The van der Waals surface area contributed by atoms with Crippen molar-refractivity contribution in [2.75, 3.05) is 6.61 Å². The summed E-state index contributed by atoms with van der Waals surface area (Å²) >= 11 is 1.51. The van der Waals surface area contributed by atoms with E-state index in [2.05, 4.69) is 29.3 Å². The van der Waals surface area contributed by atoms with Crippen molar-refractivity contribution in [2.45, 2.75) is 52.4 Å². The Kier molecular flexibility index (Phi) is 7.00. The first-order valence-corrected chi connectivity index (χ1v) is 10.9. The summed E-state index contributed by atoms with van der Waals surface area (Å²) in [6.07, 6.45) is 14.1. The van der Waals surface area contributed by atoms with Gasteiger partial charge < -0.3 is 4.74 Å². The molecule has 0 aliphatic heterocycles. The Balaban J connectivity index is 1.62. The molecular formula is C22H29NO3S. The monoisotopic (exact) mass is 387 g/mol. The molecule has 2 aliphatic rings. The highest BCUT2D eigenvalue weighted by atomic mass is 32.1. The molecule has 0 amide bonds. The van der Waals surface area contributed by atoms with E-state index in [0.29, 0.717) is 24.9 Å². The molecule has 0 spiro atoms. The maximum absolute atomic E-state index is 13.2. The van der Waals surface area contributed by atoms with E-state index in [4.69, 9.17) is 4.74 Å². The molecule has 146 valence electrons. The third kappa shape index (κ3) is 5.16. The minimum Gasteiger partial charge on any atom is -0.465 e. The highest BCUT2D eigenvalue weighted by Gasteiger charge is 2.37. The largest absolute Gasteiger partial charge is 0.465 e. The van der Waals surface area contributed by atoms with Crippen LogP contribution in [0.4, 0.5) is 0 Å². The number of carbonyl (C=O) groups is 2. The van der Waals surface area contributed by atoms with E-state index in [1.54, 1.807) is 6.92 Å². The van der Waals surface area contributed by atoms with Gasteiger partial charge in [0.15, 0.2) is 5.78 Å². The summed E-state index contributed by atoms with van der Waals surface area (Å²) in [6.45, 7) is 4.01. The molecule has 0 aromatic carbocycles. The van der Waals surface area contributed by atoms with E-state index >= 15 is 0 Å². The second-order valence-corrected chi connectivity index (χ2v) is 8.56. The Morgan fingerprint density at radius 3 is 2.63 bits per heavy atom. The molecular weight excluding hydrogens is 358 g/mol. The van der Waals surface area contributed by atoms with Gasteiger partial charge in [0.2, 0.25) is 0 Å². The molecule has 1 heterocycles. The fourth-order valence-corrected chi connectivity index (χ4v) is 5.10. The molecule has 1 aromatic heterocycles. The first-order chi connectivity index (χ1) is 13.1. The number of ketones is 1. The van der Waals surface area contributed by atoms with Gasteiger partial charge in [0.05, 0.1) is 11.6 Å². The van der Waals surface area contributed by atoms with E-state index in [9.17, 15) is 9.59 Å². The summed E-state index contributed by atoms with van der Waals surface area (Å²) in [6, 6.07) is 0. The number of aryl methyl sites for hydroxylation is 1. The molecule has 0 radical (unpaired) electrons. The van der Waals surface area contributed by atoms with Crippen LogP contribution in [-0.2, 0) is 20.7 Å². The fraction of sp³-hybridized carbons (Fsp3) is 0.591. The standard InChI is InChI=1S/C22H29NO3S/c1-3-26-22(25)19(13-20-23-15(2)14-27-20)21(24)18-11-9-17(10-12-18)16-7-5-4-6-8-16/h4-7,14,16-19H,3,8-13H2,1-2H3. The van der Waals surface area contributed by atoms with Crippen LogP contribution in [0.5, 0.6) is 0 Å². The van der Waals surface area contributed by atoms with Crippen LogP contribution in [0.1, 0.15) is 49.7 Å². The van der Waals surface area contributed by atoms with Gasteiger partial charge in [0.1, 0.15) is 5.92 Å². The molecule has 2 atom stereocenters. The number of rotatable bonds is 7. The molecule has 1 aromatic rings. The number of aromatic nitrogens is 1. The summed E-state index contributed by atoms with van der Waals surface area (Å²) in [5, 5.41) is 2.80. The zero-order chi connectivity index (χ0) is 19.2. The second-order valence-electron chi connectivity index (χ2n) is 7.62. The lowest BCUT2D eigenvalue weighted by atomic mass is 9.71. The Morgan fingerprint density at radius 2 is 2.04 bits per heavy atom. The van der Waals surface area contributed by atoms with Gasteiger partial charge in [-0.15, -0.1) is 11.3 Å². The topological polar surface area (TPSA) is 56.3 Å². The van der Waals surface area contributed by atoms with Gasteiger partial charge in [-0.2, -0.15) is 0 Å². The molecule has 0 bridgehead atoms. The Hall–Kier alpha value is -1.75. The summed E-state index contributed by atoms with van der Waals surface area (Å²) in [5.74, 6) is 0.175. The molecule has 27 heavy (non-hydrogen) atoms. The quantitative estimate of drug-likeness (QED) is 0.503. The van der Waals surface area contributed by atoms with Crippen LogP contribution in [0, 0.1) is 30.6 Å². The third-order valence-electron chi connectivity index (χ3n) is 5.75. The van der Waals surface area contributed by atoms with Crippen LogP contribution >= 0.6 is 11.3 Å². The van der Waals surface area contributed by atoms with Crippen LogP contribution < -0.4 is 0 Å². The average Bonchev–Trinajstić information content (AvgIpc) is 3.11. The molecule has 2 aliphatic carbocycles. The van der Waals surface area contributed by atoms with Crippen molar-refractivity contribution < 1.29 is 14.3 Å². The van der Waals surface area contributed by atoms with E-state index < -0.39 is 11.9 Å². The van der Waals surface area contributed by atoms with E-state index in [1.165, 1.54) is 11.3 Å². The van der Waals surface area contributed by atoms with Crippen LogP contribution in [0.25, 0.3) is 0 Å². The number of allylic oxidation sites excluding steroid dienone is 4. The van der Waals surface area contributed by atoms with Crippen molar-refractivity contribution >= 4 is 23.1 Å². The van der Waals surface area contributed by atoms with Crippen LogP contribution in [0.15, 0.2) is 29.7 Å². The number of hydrogen-bond donors (Lipinski definition) is 0. The number of nitrogens with zero attached hydrogens (tertiary/aromatic N) is 1. The lowest BCUT2D eigenvalue weighted by Crippen LogP contribution is -2.35. The number of Topliss-reactive ketones (excluding diaryl/α,β-unsaturated/α-hetero) is 1.